The number of aromatic amines is 1. The Bertz CT molecular complexity index is 477. The molecule has 2 aromatic rings. The molecule has 0 aliphatic carbocycles. The van der Waals surface area contributed by atoms with Crippen LogP contribution in [-0.2, 0) is 0 Å². The molecular formula is C9H10N6. The normalized spacial score (nSPS) is 13.3. The summed E-state index contributed by atoms with van der Waals surface area (Å²) < 4.78 is 0. The minimum absolute atomic E-state index is 0.698. The van der Waals surface area contributed by atoms with Crippen molar-refractivity contribution in [2.75, 3.05) is 16.0 Å². The number of aromatic nitrogens is 3. The molecule has 1 aliphatic heterocycles. The molecule has 1 aromatic carbocycles. The van der Waals surface area contributed by atoms with E-state index in [0.717, 1.165) is 11.4 Å². The lowest BCUT2D eigenvalue weighted by Crippen LogP contribution is -2.29. The molecule has 6 heteroatoms. The predicted octanol–water partition coefficient (Wildman–Crippen LogP) is 1.29. The lowest BCUT2D eigenvalue weighted by molar-refractivity contribution is 0.926. The zero-order valence-corrected chi connectivity index (χ0v) is 8.15. The first-order valence-corrected chi connectivity index (χ1v) is 4.63. The zero-order valence-electron chi connectivity index (χ0n) is 8.15. The first-order valence-electron chi connectivity index (χ1n) is 4.63. The maximum Gasteiger partial charge on any atom is 0.211 e. The van der Waals surface area contributed by atoms with Gasteiger partial charge in [-0.2, -0.15) is 5.12 Å². The van der Waals surface area contributed by atoms with Crippen LogP contribution in [0.2, 0.25) is 0 Å². The first kappa shape index (κ1) is 8.10. The van der Waals surface area contributed by atoms with Gasteiger partial charge in [0.05, 0.1) is 17.6 Å². The van der Waals surface area contributed by atoms with Crippen molar-refractivity contribution in [1.29, 1.82) is 0 Å². The fraction of sp³-hybridized carbons (Fsp3) is 0.111. The molecule has 3 rings (SSSR count). The Hall–Kier alpha value is -2.24. The maximum absolute atomic E-state index is 3.90. The van der Waals surface area contributed by atoms with Crippen LogP contribution in [0.5, 0.6) is 0 Å². The Labute approximate surface area is 86.2 Å². The number of hydrogen-bond acceptors (Lipinski definition) is 5. The van der Waals surface area contributed by atoms with Gasteiger partial charge in [0.15, 0.2) is 0 Å². The summed E-state index contributed by atoms with van der Waals surface area (Å²) in [7, 11) is 0. The Morgan fingerprint density at radius 1 is 1.20 bits per heavy atom. The van der Waals surface area contributed by atoms with Gasteiger partial charge in [0.2, 0.25) is 5.82 Å². The van der Waals surface area contributed by atoms with Crippen LogP contribution in [0.25, 0.3) is 0 Å². The third-order valence-corrected chi connectivity index (χ3v) is 2.27. The van der Waals surface area contributed by atoms with E-state index >= 15 is 0 Å². The molecule has 0 saturated carbocycles. The van der Waals surface area contributed by atoms with Crippen LogP contribution in [-0.4, -0.2) is 15.4 Å². The number of H-pyrrole nitrogens is 1. The average Bonchev–Trinajstić information content (AvgIpc) is 2.84. The smallest absolute Gasteiger partial charge is 0.211 e. The molecule has 2 heterocycles. The predicted molar refractivity (Wildman–Crippen MR) is 57.3 cm³/mol. The number of nitrogens with zero attached hydrogens (tertiary/aromatic N) is 3. The molecule has 6 nitrogen and oxygen atoms in total. The van der Waals surface area contributed by atoms with Crippen molar-refractivity contribution in [2.45, 2.75) is 6.92 Å². The van der Waals surface area contributed by atoms with E-state index < -0.39 is 0 Å². The van der Waals surface area contributed by atoms with E-state index in [2.05, 4.69) is 45.3 Å². The van der Waals surface area contributed by atoms with Crippen LogP contribution < -0.4 is 16.0 Å². The minimum Gasteiger partial charge on any atom is -0.276 e. The lowest BCUT2D eigenvalue weighted by Gasteiger charge is -2.13. The largest absolute Gasteiger partial charge is 0.276 e. The van der Waals surface area contributed by atoms with Crippen molar-refractivity contribution in [1.82, 2.24) is 15.4 Å². The van der Waals surface area contributed by atoms with Gasteiger partial charge in [-0.3, -0.25) is 16.0 Å². The second-order valence-corrected chi connectivity index (χ2v) is 3.44. The summed E-state index contributed by atoms with van der Waals surface area (Å²) in [5.41, 5.74) is 9.63. The number of anilines is 3. The Balaban J connectivity index is 1.92. The highest BCUT2D eigenvalue weighted by atomic mass is 15.8. The topological polar surface area (TPSA) is 68.9 Å². The molecule has 0 fully saturated rings. The van der Waals surface area contributed by atoms with E-state index in [9.17, 15) is 0 Å². The zero-order chi connectivity index (χ0) is 10.3. The monoisotopic (exact) mass is 202 g/mol. The maximum atomic E-state index is 3.90. The molecule has 1 aliphatic rings. The second kappa shape index (κ2) is 2.88. The van der Waals surface area contributed by atoms with Crippen molar-refractivity contribution >= 4 is 17.2 Å². The molecule has 76 valence electrons. The van der Waals surface area contributed by atoms with E-state index in [1.54, 1.807) is 11.3 Å². The van der Waals surface area contributed by atoms with Gasteiger partial charge in [0.1, 0.15) is 0 Å². The van der Waals surface area contributed by atoms with Gasteiger partial charge in [0, 0.05) is 0 Å². The third-order valence-electron chi connectivity index (χ3n) is 2.27. The van der Waals surface area contributed by atoms with E-state index in [1.165, 1.54) is 5.56 Å². The van der Waals surface area contributed by atoms with Gasteiger partial charge in [0.25, 0.3) is 0 Å². The summed E-state index contributed by atoms with van der Waals surface area (Å²) in [6.07, 6.45) is 1.71. The van der Waals surface area contributed by atoms with Crippen molar-refractivity contribution in [2.24, 2.45) is 0 Å². The third kappa shape index (κ3) is 1.26. The quantitative estimate of drug-likeness (QED) is 0.650. The summed E-state index contributed by atoms with van der Waals surface area (Å²) in [6.45, 7) is 2.06. The lowest BCUT2D eigenvalue weighted by atomic mass is 10.2. The molecule has 0 atom stereocenters. The molecule has 3 N–H and O–H groups in total. The summed E-state index contributed by atoms with van der Waals surface area (Å²) in [5.74, 6) is 0.698. The molecular weight excluding hydrogens is 192 g/mol. The van der Waals surface area contributed by atoms with Crippen LogP contribution in [0.4, 0.5) is 17.2 Å². The summed E-state index contributed by atoms with van der Waals surface area (Å²) in [4.78, 5) is 0. The molecule has 0 bridgehead atoms. The Morgan fingerprint density at radius 3 is 2.87 bits per heavy atom. The summed E-state index contributed by atoms with van der Waals surface area (Å²) in [5, 5.41) is 11.9. The van der Waals surface area contributed by atoms with Crippen molar-refractivity contribution in [3.63, 3.8) is 0 Å². The Morgan fingerprint density at radius 2 is 2.07 bits per heavy atom. The van der Waals surface area contributed by atoms with Gasteiger partial charge in [-0.25, -0.2) is 0 Å². The van der Waals surface area contributed by atoms with Gasteiger partial charge in [-0.1, -0.05) is 11.3 Å². The number of rotatable bonds is 1. The number of aryl methyl sites for hydroxylation is 1. The van der Waals surface area contributed by atoms with Crippen molar-refractivity contribution in [3.8, 4) is 0 Å². The standard InChI is InChI=1S/C9H10N6/c1-6-2-3-7-8(4-6)13-15(12-7)9-5-10-14-11-9/h2-5,12-13H,1H3,(H,10,11,14). The Kier molecular flexibility index (Phi) is 1.55. The molecule has 0 radical (unpaired) electrons. The number of benzene rings is 1. The van der Waals surface area contributed by atoms with Crippen molar-refractivity contribution < 1.29 is 0 Å². The highest BCUT2D eigenvalue weighted by Gasteiger charge is 2.19. The van der Waals surface area contributed by atoms with Crippen LogP contribution in [0, 0.1) is 6.92 Å². The number of fused-ring (bicyclic) bond motifs is 1. The number of hydrogen-bond donors (Lipinski definition) is 3. The fourth-order valence-electron chi connectivity index (χ4n) is 1.54. The molecule has 0 saturated heterocycles. The van der Waals surface area contributed by atoms with Gasteiger partial charge < -0.3 is 0 Å². The SMILES string of the molecule is Cc1ccc2c(c1)NN(c1c[nH]nn1)N2. The van der Waals surface area contributed by atoms with E-state index in [-0.39, 0.29) is 0 Å². The molecule has 0 unspecified atom stereocenters. The average molecular weight is 202 g/mol. The number of nitrogens with one attached hydrogen (secondary N) is 3. The molecule has 0 spiro atoms. The van der Waals surface area contributed by atoms with Crippen LogP contribution in [0.3, 0.4) is 0 Å². The van der Waals surface area contributed by atoms with Crippen LogP contribution >= 0.6 is 0 Å². The van der Waals surface area contributed by atoms with Gasteiger partial charge in [-0.05, 0) is 24.6 Å². The van der Waals surface area contributed by atoms with E-state index in [1.807, 2.05) is 6.07 Å². The van der Waals surface area contributed by atoms with Crippen LogP contribution in [0.15, 0.2) is 24.4 Å². The molecule has 15 heavy (non-hydrogen) atoms. The first-order chi connectivity index (χ1) is 7.33. The second-order valence-electron chi connectivity index (χ2n) is 3.44. The summed E-state index contributed by atoms with van der Waals surface area (Å²) >= 11 is 0. The summed E-state index contributed by atoms with van der Waals surface area (Å²) in [6, 6.07) is 6.15. The highest BCUT2D eigenvalue weighted by molar-refractivity contribution is 5.78. The van der Waals surface area contributed by atoms with E-state index in [0.29, 0.717) is 5.82 Å². The van der Waals surface area contributed by atoms with Gasteiger partial charge >= 0.3 is 0 Å². The van der Waals surface area contributed by atoms with Crippen LogP contribution in [0.1, 0.15) is 5.56 Å². The fourth-order valence-corrected chi connectivity index (χ4v) is 1.54. The van der Waals surface area contributed by atoms with Gasteiger partial charge in [-0.15, -0.1) is 5.10 Å². The molecule has 1 aromatic heterocycles. The molecule has 0 amide bonds. The van der Waals surface area contributed by atoms with E-state index in [4.69, 9.17) is 0 Å². The minimum atomic E-state index is 0.698. The highest BCUT2D eigenvalue weighted by Crippen LogP contribution is 2.30. The number of hydrazine groups is 2. The van der Waals surface area contributed by atoms with Crippen molar-refractivity contribution in [3.05, 3.63) is 30.0 Å².